The molecule has 0 aromatic heterocycles. The van der Waals surface area contributed by atoms with Gasteiger partial charge in [0.2, 0.25) is 5.91 Å². The first-order valence-corrected chi connectivity index (χ1v) is 7.29. The third-order valence-electron chi connectivity index (χ3n) is 3.67. The summed E-state index contributed by atoms with van der Waals surface area (Å²) in [5, 5.41) is 5.44. The van der Waals surface area contributed by atoms with Crippen molar-refractivity contribution in [1.29, 1.82) is 0 Å². The van der Waals surface area contributed by atoms with Gasteiger partial charge >= 0.3 is 6.18 Å². The normalized spacial score (nSPS) is 17.2. The fourth-order valence-electron chi connectivity index (χ4n) is 2.50. The fourth-order valence-corrected chi connectivity index (χ4v) is 2.50. The Labute approximate surface area is 139 Å². The van der Waals surface area contributed by atoms with Gasteiger partial charge < -0.3 is 10.6 Å². The first-order valence-electron chi connectivity index (χ1n) is 7.29. The molecule has 0 aliphatic carbocycles. The van der Waals surface area contributed by atoms with Crippen LogP contribution in [-0.4, -0.2) is 55.7 Å². The lowest BCUT2D eigenvalue weighted by Crippen LogP contribution is -2.57. The molecule has 1 amide bonds. The number of rotatable bonds is 5. The minimum atomic E-state index is -4.35. The van der Waals surface area contributed by atoms with Gasteiger partial charge in [-0.2, -0.15) is 13.2 Å². The first-order chi connectivity index (χ1) is 10.5. The predicted molar refractivity (Wildman–Crippen MR) is 84.7 cm³/mol. The molecule has 1 aliphatic heterocycles. The Morgan fingerprint density at radius 1 is 1.22 bits per heavy atom. The molecule has 1 fully saturated rings. The molecular weight excluding hydrogens is 331 g/mol. The summed E-state index contributed by atoms with van der Waals surface area (Å²) < 4.78 is 39.5. The number of benzene rings is 1. The van der Waals surface area contributed by atoms with Crippen LogP contribution in [0.15, 0.2) is 30.3 Å². The molecule has 1 aliphatic rings. The molecule has 1 heterocycles. The van der Waals surface area contributed by atoms with Gasteiger partial charge in [-0.25, -0.2) is 0 Å². The Morgan fingerprint density at radius 2 is 1.83 bits per heavy atom. The van der Waals surface area contributed by atoms with Crippen LogP contribution in [0.1, 0.15) is 5.56 Å². The molecule has 1 saturated heterocycles. The number of carbonyl (C=O) groups is 1. The second-order valence-corrected chi connectivity index (χ2v) is 5.31. The van der Waals surface area contributed by atoms with Crippen molar-refractivity contribution in [3.8, 4) is 0 Å². The molecule has 1 unspecified atom stereocenters. The van der Waals surface area contributed by atoms with Gasteiger partial charge in [0.1, 0.15) is 6.04 Å². The lowest BCUT2D eigenvalue weighted by Gasteiger charge is -2.35. The number of amides is 1. The van der Waals surface area contributed by atoms with Gasteiger partial charge in [0.05, 0.1) is 6.42 Å². The van der Waals surface area contributed by atoms with Crippen LogP contribution in [0, 0.1) is 0 Å². The van der Waals surface area contributed by atoms with Crippen molar-refractivity contribution < 1.29 is 18.0 Å². The number of nitrogens with zero attached hydrogens (tertiary/aromatic N) is 1. The van der Waals surface area contributed by atoms with Crippen LogP contribution >= 0.6 is 12.4 Å². The molecule has 0 radical (unpaired) electrons. The van der Waals surface area contributed by atoms with Crippen LogP contribution in [0.2, 0.25) is 0 Å². The Balaban J connectivity index is 0.00000264. The summed E-state index contributed by atoms with van der Waals surface area (Å²) in [4.78, 5) is 13.2. The summed E-state index contributed by atoms with van der Waals surface area (Å²) in [6.45, 7) is 1.32. The quantitative estimate of drug-likeness (QED) is 0.847. The summed E-state index contributed by atoms with van der Waals surface area (Å²) in [5.41, 5.74) is 0.783. The number of hydrogen-bond donors (Lipinski definition) is 2. The van der Waals surface area contributed by atoms with Crippen LogP contribution in [0.3, 0.4) is 0 Å². The second kappa shape index (κ2) is 9.10. The zero-order chi connectivity index (χ0) is 16.0. The van der Waals surface area contributed by atoms with Crippen molar-refractivity contribution in [2.45, 2.75) is 18.6 Å². The number of hydrogen-bond acceptors (Lipinski definition) is 3. The lowest BCUT2D eigenvalue weighted by molar-refractivity contribution is -0.184. The second-order valence-electron chi connectivity index (χ2n) is 5.31. The monoisotopic (exact) mass is 351 g/mol. The highest BCUT2D eigenvalue weighted by atomic mass is 35.5. The van der Waals surface area contributed by atoms with Crippen LogP contribution < -0.4 is 10.6 Å². The summed E-state index contributed by atoms with van der Waals surface area (Å²) in [6, 6.07) is 7.33. The molecule has 4 nitrogen and oxygen atoms in total. The van der Waals surface area contributed by atoms with Gasteiger partial charge in [-0.1, -0.05) is 30.3 Å². The zero-order valence-electron chi connectivity index (χ0n) is 12.6. The van der Waals surface area contributed by atoms with Crippen LogP contribution in [0.25, 0.3) is 0 Å². The molecular formula is C15H21ClF3N3O. The molecule has 0 bridgehead atoms. The van der Waals surface area contributed by atoms with Crippen molar-refractivity contribution in [1.82, 2.24) is 15.5 Å². The molecule has 8 heteroatoms. The van der Waals surface area contributed by atoms with Gasteiger partial charge in [-0.05, 0) is 5.56 Å². The lowest BCUT2D eigenvalue weighted by atomic mass is 10.1. The van der Waals surface area contributed by atoms with E-state index in [9.17, 15) is 18.0 Å². The van der Waals surface area contributed by atoms with E-state index in [1.54, 1.807) is 24.3 Å². The highest BCUT2D eigenvalue weighted by Gasteiger charge is 2.43. The number of nitrogens with one attached hydrogen (secondary N) is 2. The smallest absolute Gasteiger partial charge is 0.354 e. The maximum absolute atomic E-state index is 13.2. The molecule has 130 valence electrons. The third-order valence-corrected chi connectivity index (χ3v) is 3.67. The molecule has 2 N–H and O–H groups in total. The van der Waals surface area contributed by atoms with Gasteiger partial charge in [0.15, 0.2) is 0 Å². The maximum atomic E-state index is 13.2. The van der Waals surface area contributed by atoms with Gasteiger partial charge in [0.25, 0.3) is 0 Å². The highest BCUT2D eigenvalue weighted by Crippen LogP contribution is 2.24. The van der Waals surface area contributed by atoms with E-state index in [4.69, 9.17) is 0 Å². The Kier molecular flexibility index (Phi) is 7.81. The molecule has 1 aromatic rings. The van der Waals surface area contributed by atoms with E-state index in [1.807, 2.05) is 6.07 Å². The molecule has 0 saturated carbocycles. The van der Waals surface area contributed by atoms with Gasteiger partial charge in [0, 0.05) is 32.7 Å². The van der Waals surface area contributed by atoms with E-state index in [0.717, 1.165) is 5.56 Å². The first kappa shape index (κ1) is 19.7. The number of piperazine rings is 1. The Bertz CT molecular complexity index is 479. The Morgan fingerprint density at radius 3 is 2.39 bits per heavy atom. The minimum Gasteiger partial charge on any atom is -0.354 e. The van der Waals surface area contributed by atoms with E-state index in [0.29, 0.717) is 26.2 Å². The van der Waals surface area contributed by atoms with Crippen molar-refractivity contribution >= 4 is 18.3 Å². The third kappa shape index (κ3) is 6.37. The van der Waals surface area contributed by atoms with E-state index in [2.05, 4.69) is 10.6 Å². The molecule has 1 aromatic carbocycles. The topological polar surface area (TPSA) is 44.4 Å². The minimum absolute atomic E-state index is 0. The predicted octanol–water partition coefficient (Wildman–Crippen LogP) is 1.60. The molecule has 0 spiro atoms. The number of alkyl halides is 3. The SMILES string of the molecule is Cl.O=C(Cc1ccccc1)NCC(N1CCNCC1)C(F)(F)F. The number of halogens is 4. The molecule has 1 atom stereocenters. The van der Waals surface area contributed by atoms with Gasteiger partial charge in [-0.3, -0.25) is 9.69 Å². The van der Waals surface area contributed by atoms with Crippen LogP contribution in [0.4, 0.5) is 13.2 Å². The molecule has 23 heavy (non-hydrogen) atoms. The standard InChI is InChI=1S/C15H20F3N3O.ClH/c16-15(17,18)13(21-8-6-19-7-9-21)11-20-14(22)10-12-4-2-1-3-5-12;/h1-5,13,19H,6-11H2,(H,20,22);1H. The van der Waals surface area contributed by atoms with E-state index in [-0.39, 0.29) is 18.8 Å². The summed E-state index contributed by atoms with van der Waals surface area (Å²) in [6.07, 6.45) is -4.26. The fraction of sp³-hybridized carbons (Fsp3) is 0.533. The van der Waals surface area contributed by atoms with Gasteiger partial charge in [-0.15, -0.1) is 12.4 Å². The maximum Gasteiger partial charge on any atom is 0.405 e. The van der Waals surface area contributed by atoms with Crippen molar-refractivity contribution in [3.63, 3.8) is 0 Å². The van der Waals surface area contributed by atoms with E-state index in [1.165, 1.54) is 4.90 Å². The van der Waals surface area contributed by atoms with Crippen molar-refractivity contribution in [2.75, 3.05) is 32.7 Å². The summed E-state index contributed by atoms with van der Waals surface area (Å²) in [7, 11) is 0. The van der Waals surface area contributed by atoms with Crippen molar-refractivity contribution in [2.24, 2.45) is 0 Å². The largest absolute Gasteiger partial charge is 0.405 e. The zero-order valence-corrected chi connectivity index (χ0v) is 13.4. The number of carbonyl (C=O) groups excluding carboxylic acids is 1. The van der Waals surface area contributed by atoms with E-state index >= 15 is 0 Å². The van der Waals surface area contributed by atoms with Crippen LogP contribution in [-0.2, 0) is 11.2 Å². The molecule has 2 rings (SSSR count). The Hall–Kier alpha value is -1.31. The van der Waals surface area contributed by atoms with Crippen LogP contribution in [0.5, 0.6) is 0 Å². The summed E-state index contributed by atoms with van der Waals surface area (Å²) in [5.74, 6) is -0.393. The highest BCUT2D eigenvalue weighted by molar-refractivity contribution is 5.85. The van der Waals surface area contributed by atoms with Crippen molar-refractivity contribution in [3.05, 3.63) is 35.9 Å². The average molecular weight is 352 g/mol. The summed E-state index contributed by atoms with van der Waals surface area (Å²) >= 11 is 0. The average Bonchev–Trinajstić information content (AvgIpc) is 2.48. The van der Waals surface area contributed by atoms with E-state index < -0.39 is 24.7 Å².